The summed E-state index contributed by atoms with van der Waals surface area (Å²) in [6.45, 7) is 4.34. The van der Waals surface area contributed by atoms with Crippen LogP contribution in [-0.4, -0.2) is 17.2 Å². The van der Waals surface area contributed by atoms with E-state index in [1.54, 1.807) is 0 Å². The van der Waals surface area contributed by atoms with Gasteiger partial charge in [0.25, 0.3) is 0 Å². The molecule has 0 radical (unpaired) electrons. The van der Waals surface area contributed by atoms with E-state index in [2.05, 4.69) is 56.3 Å². The Labute approximate surface area is 152 Å². The molecule has 0 spiro atoms. The van der Waals surface area contributed by atoms with Gasteiger partial charge < -0.3 is 4.89 Å². The van der Waals surface area contributed by atoms with Crippen LogP contribution < -0.4 is 0 Å². The van der Waals surface area contributed by atoms with Crippen LogP contribution in [0.5, 0.6) is 0 Å². The molecule has 0 amide bonds. The SMILES string of the molecule is CCCCP(O)CCCC.[Cl][Ir+][Cl].c1ccc2[cH-]ccc2c1. The number of halogens is 2. The van der Waals surface area contributed by atoms with E-state index in [1.165, 1.54) is 36.5 Å². The largest absolute Gasteiger partial charge is 0.168 e. The van der Waals surface area contributed by atoms with Gasteiger partial charge in [0.15, 0.2) is 0 Å². The van der Waals surface area contributed by atoms with E-state index in [0.29, 0.717) is 0 Å². The van der Waals surface area contributed by atoms with E-state index in [-0.39, 0.29) is 0 Å². The maximum Gasteiger partial charge on any atom is -0.0809 e. The first-order valence-electron chi connectivity index (χ1n) is 7.57. The van der Waals surface area contributed by atoms with Gasteiger partial charge in [0.05, 0.1) is 0 Å². The Morgan fingerprint density at radius 3 is 2.09 bits per heavy atom. The van der Waals surface area contributed by atoms with Gasteiger partial charge >= 0.3 is 34.8 Å². The average Bonchev–Trinajstić information content (AvgIpc) is 3.01. The van der Waals surface area contributed by atoms with E-state index in [4.69, 9.17) is 19.2 Å². The summed E-state index contributed by atoms with van der Waals surface area (Å²) in [5, 5.41) is 2.66. The topological polar surface area (TPSA) is 20.2 Å². The molecule has 0 saturated heterocycles. The molecular formula is C17H26Cl2IrOP. The molecular weight excluding hydrogens is 514 g/mol. The molecule has 0 bridgehead atoms. The van der Waals surface area contributed by atoms with Crippen LogP contribution in [0, 0.1) is 0 Å². The number of hydrogen-bond acceptors (Lipinski definition) is 1. The predicted octanol–water partition coefficient (Wildman–Crippen LogP) is 6.91. The summed E-state index contributed by atoms with van der Waals surface area (Å²) in [6.07, 6.45) is 6.95. The number of benzene rings is 1. The van der Waals surface area contributed by atoms with Crippen molar-refractivity contribution >= 4 is 38.1 Å². The fourth-order valence-electron chi connectivity index (χ4n) is 1.86. The van der Waals surface area contributed by atoms with Gasteiger partial charge in [0.1, 0.15) is 0 Å². The molecule has 2 rings (SSSR count). The van der Waals surface area contributed by atoms with Gasteiger partial charge in [0, 0.05) is 8.15 Å². The van der Waals surface area contributed by atoms with Crippen LogP contribution in [0.4, 0.5) is 0 Å². The molecule has 0 aromatic heterocycles. The molecule has 0 aliphatic rings. The number of fused-ring (bicyclic) bond motifs is 1. The zero-order chi connectivity index (χ0) is 16.6. The molecule has 0 saturated carbocycles. The van der Waals surface area contributed by atoms with Crippen molar-refractivity contribution < 1.29 is 20.6 Å². The average molecular weight is 540 g/mol. The molecule has 128 valence electrons. The van der Waals surface area contributed by atoms with Crippen LogP contribution in [0.1, 0.15) is 39.5 Å². The Kier molecular flexibility index (Phi) is 16.6. The second-order valence-corrected chi connectivity index (χ2v) is 10.2. The Morgan fingerprint density at radius 2 is 1.59 bits per heavy atom. The van der Waals surface area contributed by atoms with E-state index in [1.807, 2.05) is 0 Å². The van der Waals surface area contributed by atoms with Crippen molar-refractivity contribution in [3.63, 3.8) is 0 Å². The summed E-state index contributed by atoms with van der Waals surface area (Å²) in [7, 11) is 9.19. The smallest absolute Gasteiger partial charge is 0.0809 e. The Balaban J connectivity index is 0.000000341. The van der Waals surface area contributed by atoms with Crippen molar-refractivity contribution in [3.05, 3.63) is 42.5 Å². The maximum absolute atomic E-state index is 9.38. The minimum absolute atomic E-state index is 0.556. The Hall–Kier alpha value is 0.449. The predicted molar refractivity (Wildman–Crippen MR) is 99.9 cm³/mol. The summed E-state index contributed by atoms with van der Waals surface area (Å²) in [5.41, 5.74) is 0. The molecule has 0 aliphatic carbocycles. The molecule has 1 nitrogen and oxygen atoms in total. The first-order chi connectivity index (χ1) is 10.7. The van der Waals surface area contributed by atoms with Gasteiger partial charge in [-0.1, -0.05) is 32.8 Å². The quantitative estimate of drug-likeness (QED) is 0.312. The first kappa shape index (κ1) is 22.4. The van der Waals surface area contributed by atoms with Gasteiger partial charge in [-0.2, -0.15) is 17.5 Å². The number of rotatable bonds is 6. The van der Waals surface area contributed by atoms with Crippen LogP contribution in [0.25, 0.3) is 10.8 Å². The van der Waals surface area contributed by atoms with Crippen LogP contribution in [0.3, 0.4) is 0 Å². The van der Waals surface area contributed by atoms with Crippen molar-refractivity contribution in [3.8, 4) is 0 Å². The third kappa shape index (κ3) is 11.9. The zero-order valence-corrected chi connectivity index (χ0v) is 18.1. The summed E-state index contributed by atoms with van der Waals surface area (Å²) in [6, 6.07) is 14.7. The third-order valence-electron chi connectivity index (χ3n) is 3.09. The molecule has 0 fully saturated rings. The van der Waals surface area contributed by atoms with Crippen LogP contribution in [0.2, 0.25) is 0 Å². The molecule has 0 atom stereocenters. The van der Waals surface area contributed by atoms with E-state index in [0.717, 1.165) is 12.3 Å². The van der Waals surface area contributed by atoms with Gasteiger partial charge in [0.2, 0.25) is 0 Å². The number of hydrogen-bond donors (Lipinski definition) is 1. The van der Waals surface area contributed by atoms with Crippen LogP contribution >= 0.6 is 27.3 Å². The summed E-state index contributed by atoms with van der Waals surface area (Å²) in [5.74, 6) is 0. The van der Waals surface area contributed by atoms with Gasteiger partial charge in [-0.3, -0.25) is 0 Å². The molecule has 2 aromatic carbocycles. The molecule has 0 aliphatic heterocycles. The van der Waals surface area contributed by atoms with Gasteiger partial charge in [-0.05, 0) is 25.2 Å². The summed E-state index contributed by atoms with van der Waals surface area (Å²) >= 11 is -0.556. The summed E-state index contributed by atoms with van der Waals surface area (Å²) in [4.78, 5) is 9.38. The second-order valence-electron chi connectivity index (χ2n) is 4.86. The Bertz CT molecular complexity index is 426. The molecule has 0 heterocycles. The normalized spacial score (nSPS) is 10.1. The molecule has 2 aromatic rings. The fraction of sp³-hybridized carbons (Fsp3) is 0.471. The molecule has 0 unspecified atom stereocenters. The van der Waals surface area contributed by atoms with Gasteiger partial charge in [-0.15, -0.1) is 29.7 Å². The van der Waals surface area contributed by atoms with Crippen molar-refractivity contribution in [2.75, 3.05) is 12.3 Å². The minimum atomic E-state index is -0.592. The molecule has 1 N–H and O–H groups in total. The fourth-order valence-corrected chi connectivity index (χ4v) is 3.45. The van der Waals surface area contributed by atoms with Crippen molar-refractivity contribution in [2.45, 2.75) is 39.5 Å². The van der Waals surface area contributed by atoms with E-state index < -0.39 is 23.8 Å². The Morgan fingerprint density at radius 1 is 1.05 bits per heavy atom. The van der Waals surface area contributed by atoms with Crippen molar-refractivity contribution in [1.82, 2.24) is 0 Å². The first-order valence-corrected chi connectivity index (χ1v) is 15.2. The van der Waals surface area contributed by atoms with E-state index >= 15 is 0 Å². The number of unbranched alkanes of at least 4 members (excludes halogenated alkanes) is 2. The van der Waals surface area contributed by atoms with Crippen molar-refractivity contribution in [1.29, 1.82) is 0 Å². The second kappa shape index (κ2) is 16.3. The van der Waals surface area contributed by atoms with Gasteiger partial charge in [-0.25, -0.2) is 0 Å². The zero-order valence-electron chi connectivity index (χ0n) is 13.3. The monoisotopic (exact) mass is 540 g/mol. The van der Waals surface area contributed by atoms with E-state index in [9.17, 15) is 4.89 Å². The van der Waals surface area contributed by atoms with Crippen molar-refractivity contribution in [2.24, 2.45) is 0 Å². The molecule has 5 heteroatoms. The third-order valence-corrected chi connectivity index (χ3v) is 4.75. The van der Waals surface area contributed by atoms with Crippen LogP contribution in [0.15, 0.2) is 42.5 Å². The minimum Gasteiger partial charge on any atom is -0.168 e. The standard InChI is InChI=1S/C9H7.C8H19OP.2ClH.Ir/c1-2-5-9-7-3-6-8(9)4-1;1-3-5-7-10(9)8-6-4-2;;;/h1-7H;9H,3-8H2,1-2H3;2*1H;/q-1;;;;+3/p-2. The van der Waals surface area contributed by atoms with Crippen LogP contribution in [-0.2, 0) is 15.7 Å². The molecule has 22 heavy (non-hydrogen) atoms. The maximum atomic E-state index is 9.38. The summed E-state index contributed by atoms with van der Waals surface area (Å²) < 4.78 is 0.